The van der Waals surface area contributed by atoms with Crippen molar-refractivity contribution >= 4 is 35.6 Å². The highest BCUT2D eigenvalue weighted by Crippen LogP contribution is 2.22. The van der Waals surface area contributed by atoms with Crippen molar-refractivity contribution in [2.24, 2.45) is 10.7 Å². The van der Waals surface area contributed by atoms with E-state index in [-0.39, 0.29) is 24.0 Å². The number of para-hydroxylation sites is 2. The van der Waals surface area contributed by atoms with Gasteiger partial charge in [-0.1, -0.05) is 12.1 Å². The molecule has 0 unspecified atom stereocenters. The molecule has 0 radical (unpaired) electrons. The van der Waals surface area contributed by atoms with Crippen molar-refractivity contribution in [1.82, 2.24) is 4.90 Å². The summed E-state index contributed by atoms with van der Waals surface area (Å²) in [7, 11) is 5.71. The van der Waals surface area contributed by atoms with Gasteiger partial charge in [-0.25, -0.2) is 0 Å². The summed E-state index contributed by atoms with van der Waals surface area (Å²) < 4.78 is 5.22. The van der Waals surface area contributed by atoms with Gasteiger partial charge >= 0.3 is 0 Å². The fraction of sp³-hybridized carbons (Fsp3) is 0.462. The number of rotatable bonds is 6. The van der Waals surface area contributed by atoms with Crippen LogP contribution >= 0.6 is 24.0 Å². The Morgan fingerprint density at radius 2 is 2.05 bits per heavy atom. The number of nitrogens with one attached hydrogen (secondary N) is 1. The SMILES string of the molecule is COc1ccccc1NC(N)=NCCCN(C)C.I. The molecule has 19 heavy (non-hydrogen) atoms. The first kappa shape index (κ1) is 18.0. The topological polar surface area (TPSA) is 62.9 Å². The van der Waals surface area contributed by atoms with Crippen LogP contribution in [0.5, 0.6) is 5.75 Å². The van der Waals surface area contributed by atoms with Gasteiger partial charge in [-0.05, 0) is 39.2 Å². The van der Waals surface area contributed by atoms with Crippen molar-refractivity contribution in [2.75, 3.05) is 39.6 Å². The van der Waals surface area contributed by atoms with Crippen LogP contribution in [0.4, 0.5) is 5.69 Å². The number of anilines is 1. The molecule has 0 amide bonds. The second-order valence-electron chi connectivity index (χ2n) is 4.25. The molecule has 1 rings (SSSR count). The lowest BCUT2D eigenvalue weighted by Crippen LogP contribution is -2.23. The van der Waals surface area contributed by atoms with Gasteiger partial charge in [0.1, 0.15) is 5.75 Å². The van der Waals surface area contributed by atoms with E-state index in [1.807, 2.05) is 38.4 Å². The van der Waals surface area contributed by atoms with E-state index in [4.69, 9.17) is 10.5 Å². The van der Waals surface area contributed by atoms with E-state index in [0.29, 0.717) is 12.5 Å². The molecule has 0 heterocycles. The van der Waals surface area contributed by atoms with Crippen LogP contribution in [0, 0.1) is 0 Å². The van der Waals surface area contributed by atoms with Crippen LogP contribution in [0.2, 0.25) is 0 Å². The number of benzene rings is 1. The van der Waals surface area contributed by atoms with Crippen LogP contribution in [0.1, 0.15) is 6.42 Å². The number of nitrogens with two attached hydrogens (primary N) is 1. The smallest absolute Gasteiger partial charge is 0.193 e. The number of aliphatic imine (C=N–C) groups is 1. The fourth-order valence-electron chi connectivity index (χ4n) is 1.51. The average Bonchev–Trinajstić information content (AvgIpc) is 2.35. The summed E-state index contributed by atoms with van der Waals surface area (Å²) in [6, 6.07) is 7.61. The van der Waals surface area contributed by atoms with Gasteiger partial charge < -0.3 is 20.7 Å². The molecular formula is C13H23IN4O. The Hall–Kier alpha value is -1.02. The van der Waals surface area contributed by atoms with Crippen LogP contribution < -0.4 is 15.8 Å². The summed E-state index contributed by atoms with van der Waals surface area (Å²) in [6.07, 6.45) is 0.987. The molecule has 108 valence electrons. The molecule has 6 heteroatoms. The van der Waals surface area contributed by atoms with E-state index in [1.54, 1.807) is 7.11 Å². The first-order valence-electron chi connectivity index (χ1n) is 5.98. The van der Waals surface area contributed by atoms with Gasteiger partial charge in [-0.2, -0.15) is 0 Å². The minimum Gasteiger partial charge on any atom is -0.495 e. The van der Waals surface area contributed by atoms with Gasteiger partial charge in [0, 0.05) is 6.54 Å². The zero-order valence-corrected chi connectivity index (χ0v) is 14.0. The van der Waals surface area contributed by atoms with E-state index < -0.39 is 0 Å². The van der Waals surface area contributed by atoms with E-state index in [0.717, 1.165) is 24.4 Å². The van der Waals surface area contributed by atoms with Gasteiger partial charge in [-0.15, -0.1) is 24.0 Å². The molecule has 0 bridgehead atoms. The van der Waals surface area contributed by atoms with E-state index in [9.17, 15) is 0 Å². The maximum atomic E-state index is 5.82. The lowest BCUT2D eigenvalue weighted by Gasteiger charge is -2.10. The van der Waals surface area contributed by atoms with Crippen LogP contribution in [-0.2, 0) is 0 Å². The maximum absolute atomic E-state index is 5.82. The largest absolute Gasteiger partial charge is 0.495 e. The van der Waals surface area contributed by atoms with E-state index in [1.165, 1.54) is 0 Å². The number of methoxy groups -OCH3 is 1. The Labute approximate surface area is 132 Å². The van der Waals surface area contributed by atoms with E-state index in [2.05, 4.69) is 15.2 Å². The van der Waals surface area contributed by atoms with Gasteiger partial charge in [0.25, 0.3) is 0 Å². The predicted molar refractivity (Wildman–Crippen MR) is 91.7 cm³/mol. The molecule has 0 spiro atoms. The van der Waals surface area contributed by atoms with Gasteiger partial charge in [0.2, 0.25) is 0 Å². The van der Waals surface area contributed by atoms with Crippen molar-refractivity contribution in [2.45, 2.75) is 6.42 Å². The standard InChI is InChI=1S/C13H22N4O.HI/c1-17(2)10-6-9-15-13(14)16-11-7-4-5-8-12(11)18-3;/h4-5,7-8H,6,9-10H2,1-3H3,(H3,14,15,16);1H. The minimum absolute atomic E-state index is 0. The molecule has 1 aromatic rings. The highest BCUT2D eigenvalue weighted by Gasteiger charge is 2.01. The second kappa shape index (κ2) is 9.85. The summed E-state index contributed by atoms with van der Waals surface area (Å²) in [5, 5.41) is 3.04. The van der Waals surface area contributed by atoms with Crippen molar-refractivity contribution < 1.29 is 4.74 Å². The highest BCUT2D eigenvalue weighted by atomic mass is 127. The number of hydrogen-bond donors (Lipinski definition) is 2. The van der Waals surface area contributed by atoms with Crippen molar-refractivity contribution in [3.63, 3.8) is 0 Å². The number of guanidine groups is 1. The summed E-state index contributed by atoms with van der Waals surface area (Å²) in [5.41, 5.74) is 6.64. The molecule has 0 aliphatic rings. The molecule has 0 aromatic heterocycles. The Kier molecular flexibility index (Phi) is 9.32. The fourth-order valence-corrected chi connectivity index (χ4v) is 1.51. The number of halogens is 1. The Bertz CT molecular complexity index is 396. The Morgan fingerprint density at radius 3 is 2.68 bits per heavy atom. The summed E-state index contributed by atoms with van der Waals surface area (Å²) in [5.74, 6) is 1.17. The van der Waals surface area contributed by atoms with Gasteiger partial charge in [-0.3, -0.25) is 4.99 Å². The Balaban J connectivity index is 0.00000324. The zero-order valence-electron chi connectivity index (χ0n) is 11.7. The molecule has 0 aliphatic carbocycles. The number of hydrogen-bond acceptors (Lipinski definition) is 3. The predicted octanol–water partition coefficient (Wildman–Crippen LogP) is 1.99. The molecule has 0 aliphatic heterocycles. The summed E-state index contributed by atoms with van der Waals surface area (Å²) in [4.78, 5) is 6.39. The molecule has 0 atom stereocenters. The molecule has 5 nitrogen and oxygen atoms in total. The molecule has 1 aromatic carbocycles. The summed E-state index contributed by atoms with van der Waals surface area (Å²) in [6.45, 7) is 1.72. The molecule has 0 fully saturated rings. The second-order valence-corrected chi connectivity index (χ2v) is 4.25. The third-order valence-electron chi connectivity index (χ3n) is 2.42. The summed E-state index contributed by atoms with van der Waals surface area (Å²) >= 11 is 0. The molecular weight excluding hydrogens is 355 g/mol. The van der Waals surface area contributed by atoms with Crippen molar-refractivity contribution in [3.8, 4) is 5.75 Å². The van der Waals surface area contributed by atoms with Gasteiger partial charge in [0.05, 0.1) is 12.8 Å². The monoisotopic (exact) mass is 378 g/mol. The first-order valence-corrected chi connectivity index (χ1v) is 5.98. The molecule has 0 saturated heterocycles. The first-order chi connectivity index (χ1) is 8.63. The lowest BCUT2D eigenvalue weighted by atomic mass is 10.3. The van der Waals surface area contributed by atoms with Gasteiger partial charge in [0.15, 0.2) is 5.96 Å². The number of ether oxygens (including phenoxy) is 1. The normalized spacial score (nSPS) is 11.1. The van der Waals surface area contributed by atoms with Crippen LogP contribution in [0.25, 0.3) is 0 Å². The Morgan fingerprint density at radius 1 is 1.37 bits per heavy atom. The van der Waals surface area contributed by atoms with E-state index >= 15 is 0 Å². The van der Waals surface area contributed by atoms with Crippen LogP contribution in [0.15, 0.2) is 29.3 Å². The number of nitrogens with zero attached hydrogens (tertiary/aromatic N) is 2. The molecule has 0 saturated carbocycles. The maximum Gasteiger partial charge on any atom is 0.193 e. The van der Waals surface area contributed by atoms with Crippen molar-refractivity contribution in [1.29, 1.82) is 0 Å². The third kappa shape index (κ3) is 7.22. The van der Waals surface area contributed by atoms with Crippen LogP contribution in [0.3, 0.4) is 0 Å². The molecule has 3 N–H and O–H groups in total. The third-order valence-corrected chi connectivity index (χ3v) is 2.42. The quantitative estimate of drug-likeness (QED) is 0.344. The lowest BCUT2D eigenvalue weighted by molar-refractivity contribution is 0.403. The minimum atomic E-state index is 0. The van der Waals surface area contributed by atoms with Crippen LogP contribution in [-0.4, -0.2) is 45.2 Å². The zero-order chi connectivity index (χ0) is 13.4. The highest BCUT2D eigenvalue weighted by molar-refractivity contribution is 14.0. The van der Waals surface area contributed by atoms with Crippen molar-refractivity contribution in [3.05, 3.63) is 24.3 Å². The average molecular weight is 378 g/mol.